The maximum Gasteiger partial charge on any atom is 0.159 e. The van der Waals surface area contributed by atoms with Crippen molar-refractivity contribution in [2.24, 2.45) is 0 Å². The van der Waals surface area contributed by atoms with E-state index in [2.05, 4.69) is 36.0 Å². The van der Waals surface area contributed by atoms with E-state index in [0.717, 1.165) is 24.2 Å². The van der Waals surface area contributed by atoms with E-state index >= 15 is 0 Å². The normalized spacial score (nSPS) is 10.8. The predicted molar refractivity (Wildman–Crippen MR) is 80.6 cm³/mol. The van der Waals surface area contributed by atoms with Crippen LogP contribution < -0.4 is 0 Å². The zero-order chi connectivity index (χ0) is 14.5. The smallest absolute Gasteiger partial charge is 0.159 e. The van der Waals surface area contributed by atoms with Gasteiger partial charge in [-0.25, -0.2) is 0 Å². The molecule has 0 saturated heterocycles. The average Bonchev–Trinajstić information content (AvgIpc) is 2.41. The van der Waals surface area contributed by atoms with Crippen LogP contribution in [0.15, 0.2) is 42.7 Å². The molecule has 0 fully saturated rings. The second-order valence-electron chi connectivity index (χ2n) is 5.23. The van der Waals surface area contributed by atoms with Crippen molar-refractivity contribution in [1.82, 2.24) is 9.88 Å². The number of carbonyl (C=O) groups is 1. The number of Topliss-reactive ketones (excluding diaryl/α,β-unsaturated/α-hetero) is 1. The highest BCUT2D eigenvalue weighted by Crippen LogP contribution is 2.12. The van der Waals surface area contributed by atoms with Gasteiger partial charge in [-0.2, -0.15) is 0 Å². The lowest BCUT2D eigenvalue weighted by molar-refractivity contribution is 0.101. The van der Waals surface area contributed by atoms with Crippen LogP contribution in [-0.2, 0) is 13.1 Å². The topological polar surface area (TPSA) is 33.2 Å². The highest BCUT2D eigenvalue weighted by Gasteiger charge is 2.06. The number of aryl methyl sites for hydroxylation is 1. The van der Waals surface area contributed by atoms with Crippen molar-refractivity contribution in [3.63, 3.8) is 0 Å². The Labute approximate surface area is 120 Å². The van der Waals surface area contributed by atoms with E-state index in [4.69, 9.17) is 0 Å². The summed E-state index contributed by atoms with van der Waals surface area (Å²) in [5, 5.41) is 0. The monoisotopic (exact) mass is 268 g/mol. The van der Waals surface area contributed by atoms with Gasteiger partial charge in [-0.15, -0.1) is 0 Å². The summed E-state index contributed by atoms with van der Waals surface area (Å²) in [6, 6.07) is 9.88. The average molecular weight is 268 g/mol. The Morgan fingerprint density at radius 2 is 2.05 bits per heavy atom. The van der Waals surface area contributed by atoms with E-state index in [1.165, 1.54) is 11.1 Å². The molecule has 1 aromatic carbocycles. The summed E-state index contributed by atoms with van der Waals surface area (Å²) in [4.78, 5) is 17.7. The van der Waals surface area contributed by atoms with Crippen LogP contribution >= 0.6 is 0 Å². The molecular weight excluding hydrogens is 248 g/mol. The van der Waals surface area contributed by atoms with Gasteiger partial charge in [0.2, 0.25) is 0 Å². The van der Waals surface area contributed by atoms with Gasteiger partial charge in [0.15, 0.2) is 5.78 Å². The van der Waals surface area contributed by atoms with Crippen molar-refractivity contribution in [3.05, 3.63) is 65.0 Å². The van der Waals surface area contributed by atoms with Crippen LogP contribution in [0.1, 0.15) is 34.0 Å². The molecule has 0 unspecified atom stereocenters. The third-order valence-electron chi connectivity index (χ3n) is 3.36. The molecule has 0 saturated carbocycles. The van der Waals surface area contributed by atoms with E-state index in [1.807, 2.05) is 30.6 Å². The minimum absolute atomic E-state index is 0.111. The summed E-state index contributed by atoms with van der Waals surface area (Å²) < 4.78 is 0. The molecule has 0 spiro atoms. The number of aromatic nitrogens is 1. The van der Waals surface area contributed by atoms with Gasteiger partial charge in [-0.3, -0.25) is 14.7 Å². The lowest BCUT2D eigenvalue weighted by Gasteiger charge is -2.18. The SMILES string of the molecule is CC(=O)c1cccc(CN(C)Cc2ccncc2C)c1. The van der Waals surface area contributed by atoms with Crippen LogP contribution in [0.2, 0.25) is 0 Å². The summed E-state index contributed by atoms with van der Waals surface area (Å²) in [7, 11) is 2.08. The van der Waals surface area contributed by atoms with Gasteiger partial charge in [0.25, 0.3) is 0 Å². The van der Waals surface area contributed by atoms with E-state index in [-0.39, 0.29) is 5.78 Å². The summed E-state index contributed by atoms with van der Waals surface area (Å²) in [5.74, 6) is 0.111. The number of hydrogen-bond acceptors (Lipinski definition) is 3. The molecule has 0 N–H and O–H groups in total. The summed E-state index contributed by atoms with van der Waals surface area (Å²) in [6.07, 6.45) is 3.71. The number of pyridine rings is 1. The summed E-state index contributed by atoms with van der Waals surface area (Å²) in [6.45, 7) is 5.37. The minimum atomic E-state index is 0.111. The number of hydrogen-bond donors (Lipinski definition) is 0. The molecule has 0 aliphatic heterocycles. The molecule has 1 aromatic heterocycles. The van der Waals surface area contributed by atoms with Crippen LogP contribution in [0.3, 0.4) is 0 Å². The van der Waals surface area contributed by atoms with Gasteiger partial charge < -0.3 is 0 Å². The third kappa shape index (κ3) is 3.75. The van der Waals surface area contributed by atoms with Crippen molar-refractivity contribution in [2.45, 2.75) is 26.9 Å². The molecule has 2 rings (SSSR count). The number of nitrogens with zero attached hydrogens (tertiary/aromatic N) is 2. The fraction of sp³-hybridized carbons (Fsp3) is 0.294. The molecule has 1 heterocycles. The molecule has 0 aliphatic rings. The van der Waals surface area contributed by atoms with E-state index in [9.17, 15) is 4.79 Å². The van der Waals surface area contributed by atoms with Crippen LogP contribution in [0.25, 0.3) is 0 Å². The molecule has 0 amide bonds. The quantitative estimate of drug-likeness (QED) is 0.781. The van der Waals surface area contributed by atoms with Gasteiger partial charge in [0, 0.05) is 31.0 Å². The number of benzene rings is 1. The largest absolute Gasteiger partial charge is 0.298 e. The molecule has 0 bridgehead atoms. The lowest BCUT2D eigenvalue weighted by Crippen LogP contribution is -2.18. The van der Waals surface area contributed by atoms with Crippen molar-refractivity contribution in [1.29, 1.82) is 0 Å². The second kappa shape index (κ2) is 6.44. The van der Waals surface area contributed by atoms with Gasteiger partial charge >= 0.3 is 0 Å². The van der Waals surface area contributed by atoms with Gasteiger partial charge in [0.1, 0.15) is 0 Å². The molecule has 3 heteroatoms. The zero-order valence-corrected chi connectivity index (χ0v) is 12.3. The summed E-state index contributed by atoms with van der Waals surface area (Å²) >= 11 is 0. The third-order valence-corrected chi connectivity index (χ3v) is 3.36. The predicted octanol–water partition coefficient (Wildman–Crippen LogP) is 3.22. The second-order valence-corrected chi connectivity index (χ2v) is 5.23. The maximum atomic E-state index is 11.4. The highest BCUT2D eigenvalue weighted by atomic mass is 16.1. The van der Waals surface area contributed by atoms with Crippen LogP contribution in [0.5, 0.6) is 0 Å². The van der Waals surface area contributed by atoms with Crippen molar-refractivity contribution in [3.8, 4) is 0 Å². The molecule has 0 aliphatic carbocycles. The first-order valence-electron chi connectivity index (χ1n) is 6.74. The van der Waals surface area contributed by atoms with Crippen molar-refractivity contribution in [2.75, 3.05) is 7.05 Å². The molecule has 20 heavy (non-hydrogen) atoms. The first-order valence-corrected chi connectivity index (χ1v) is 6.74. The standard InChI is InChI=1S/C17H20N2O/c1-13-10-18-8-7-17(13)12-19(3)11-15-5-4-6-16(9-15)14(2)20/h4-10H,11-12H2,1-3H3. The van der Waals surface area contributed by atoms with Crippen LogP contribution in [-0.4, -0.2) is 22.7 Å². The molecule has 104 valence electrons. The van der Waals surface area contributed by atoms with Gasteiger partial charge in [0.05, 0.1) is 0 Å². The minimum Gasteiger partial charge on any atom is -0.298 e. The lowest BCUT2D eigenvalue weighted by atomic mass is 10.1. The first-order chi connectivity index (χ1) is 9.56. The fourth-order valence-electron chi connectivity index (χ4n) is 2.23. The molecule has 2 aromatic rings. The Morgan fingerprint density at radius 3 is 2.75 bits per heavy atom. The molecule has 0 radical (unpaired) electrons. The zero-order valence-electron chi connectivity index (χ0n) is 12.3. The van der Waals surface area contributed by atoms with Crippen LogP contribution in [0, 0.1) is 6.92 Å². The Balaban J connectivity index is 2.05. The van der Waals surface area contributed by atoms with Crippen LogP contribution in [0.4, 0.5) is 0 Å². The number of rotatable bonds is 5. The van der Waals surface area contributed by atoms with E-state index < -0.39 is 0 Å². The summed E-state index contributed by atoms with van der Waals surface area (Å²) in [5.41, 5.74) is 4.42. The number of ketones is 1. The number of carbonyl (C=O) groups excluding carboxylic acids is 1. The molecule has 3 nitrogen and oxygen atoms in total. The van der Waals surface area contributed by atoms with Crippen molar-refractivity contribution < 1.29 is 4.79 Å². The van der Waals surface area contributed by atoms with Gasteiger partial charge in [-0.05, 0) is 49.7 Å². The molecule has 0 atom stereocenters. The molecular formula is C17H20N2O. The van der Waals surface area contributed by atoms with E-state index in [1.54, 1.807) is 6.92 Å². The Hall–Kier alpha value is -2.00. The Kier molecular flexibility index (Phi) is 4.64. The maximum absolute atomic E-state index is 11.4. The van der Waals surface area contributed by atoms with Crippen molar-refractivity contribution >= 4 is 5.78 Å². The van der Waals surface area contributed by atoms with Gasteiger partial charge in [-0.1, -0.05) is 18.2 Å². The fourth-order valence-corrected chi connectivity index (χ4v) is 2.23. The first kappa shape index (κ1) is 14.4. The highest BCUT2D eigenvalue weighted by molar-refractivity contribution is 5.94. The Bertz CT molecular complexity index is 607. The van der Waals surface area contributed by atoms with E-state index in [0.29, 0.717) is 0 Å². The Morgan fingerprint density at radius 1 is 1.25 bits per heavy atom.